The molecule has 2 aromatic heterocycles. The topological polar surface area (TPSA) is 50.2 Å². The number of hydrogen-bond donors (Lipinski definition) is 1. The van der Waals surface area contributed by atoms with E-state index >= 15 is 0 Å². The number of aromatic amines is 1. The van der Waals surface area contributed by atoms with E-state index in [0.29, 0.717) is 5.65 Å². The quantitative estimate of drug-likeness (QED) is 0.759. The lowest BCUT2D eigenvalue weighted by atomic mass is 10.4. The smallest absolute Gasteiger partial charge is 0.274 e. The monoisotopic (exact) mass is 241 g/mol. The highest BCUT2D eigenvalue weighted by molar-refractivity contribution is 9.10. The van der Waals surface area contributed by atoms with E-state index in [1.54, 1.807) is 0 Å². The van der Waals surface area contributed by atoms with Crippen molar-refractivity contribution in [3.05, 3.63) is 32.3 Å². The molecular formula is C8H8BrN3O. The molecule has 4 nitrogen and oxygen atoms in total. The summed E-state index contributed by atoms with van der Waals surface area (Å²) in [4.78, 5) is 14.5. The molecule has 0 atom stereocenters. The van der Waals surface area contributed by atoms with Gasteiger partial charge in [0.1, 0.15) is 0 Å². The van der Waals surface area contributed by atoms with Crippen molar-refractivity contribution >= 4 is 21.6 Å². The molecular weight excluding hydrogens is 234 g/mol. The minimum absolute atomic E-state index is 0.111. The zero-order chi connectivity index (χ0) is 9.59. The first-order valence-corrected chi connectivity index (χ1v) is 4.63. The predicted octanol–water partition coefficient (Wildman–Crippen LogP) is 1.40. The average Bonchev–Trinajstić information content (AvgIpc) is 2.32. The molecule has 13 heavy (non-hydrogen) atoms. The number of halogens is 1. The maximum absolute atomic E-state index is 11.4. The van der Waals surface area contributed by atoms with Gasteiger partial charge in [0, 0.05) is 11.8 Å². The van der Waals surface area contributed by atoms with Gasteiger partial charge in [-0.2, -0.15) is 9.61 Å². The van der Waals surface area contributed by atoms with Crippen LogP contribution in [0.25, 0.3) is 5.65 Å². The number of aryl methyl sites for hydroxylation is 2. The van der Waals surface area contributed by atoms with Crippen LogP contribution in [-0.4, -0.2) is 14.6 Å². The Bertz CT molecular complexity index is 526. The molecule has 0 spiro atoms. The van der Waals surface area contributed by atoms with Crippen molar-refractivity contribution in [2.24, 2.45) is 0 Å². The van der Waals surface area contributed by atoms with Gasteiger partial charge in [0.25, 0.3) is 5.56 Å². The van der Waals surface area contributed by atoms with Crippen molar-refractivity contribution in [3.8, 4) is 0 Å². The Morgan fingerprint density at radius 1 is 1.54 bits per heavy atom. The number of aromatic nitrogens is 3. The summed E-state index contributed by atoms with van der Waals surface area (Å²) in [6, 6.07) is 1.52. The molecule has 0 amide bonds. The second kappa shape index (κ2) is 2.70. The molecule has 2 aromatic rings. The summed E-state index contributed by atoms with van der Waals surface area (Å²) in [5.41, 5.74) is 2.24. The van der Waals surface area contributed by atoms with Gasteiger partial charge in [0.15, 0.2) is 5.65 Å². The molecule has 0 saturated heterocycles. The van der Waals surface area contributed by atoms with E-state index in [1.165, 1.54) is 10.6 Å². The summed E-state index contributed by atoms with van der Waals surface area (Å²) >= 11 is 3.37. The molecule has 0 fully saturated rings. The second-order valence-electron chi connectivity index (χ2n) is 2.95. The Morgan fingerprint density at radius 3 is 2.92 bits per heavy atom. The van der Waals surface area contributed by atoms with Crippen LogP contribution in [0, 0.1) is 13.8 Å². The Balaban J connectivity index is 3.03. The lowest BCUT2D eigenvalue weighted by Gasteiger charge is -1.94. The Kier molecular flexibility index (Phi) is 1.76. The lowest BCUT2D eigenvalue weighted by Crippen LogP contribution is -2.14. The minimum Gasteiger partial charge on any atom is -0.343 e. The average molecular weight is 242 g/mol. The van der Waals surface area contributed by atoms with E-state index < -0.39 is 0 Å². The zero-order valence-electron chi connectivity index (χ0n) is 7.26. The highest BCUT2D eigenvalue weighted by Crippen LogP contribution is 2.18. The largest absolute Gasteiger partial charge is 0.343 e. The summed E-state index contributed by atoms with van der Waals surface area (Å²) in [6.45, 7) is 3.69. The van der Waals surface area contributed by atoms with Gasteiger partial charge < -0.3 is 4.98 Å². The van der Waals surface area contributed by atoms with Crippen LogP contribution in [0.4, 0.5) is 0 Å². The molecule has 1 N–H and O–H groups in total. The van der Waals surface area contributed by atoms with Crippen LogP contribution in [0.15, 0.2) is 15.3 Å². The van der Waals surface area contributed by atoms with Crippen LogP contribution in [0.3, 0.4) is 0 Å². The second-order valence-corrected chi connectivity index (χ2v) is 3.74. The zero-order valence-corrected chi connectivity index (χ0v) is 8.84. The Labute approximate surface area is 82.7 Å². The van der Waals surface area contributed by atoms with Gasteiger partial charge in [0.2, 0.25) is 0 Å². The van der Waals surface area contributed by atoms with Crippen LogP contribution in [0.1, 0.15) is 11.4 Å². The molecule has 5 heteroatoms. The van der Waals surface area contributed by atoms with Gasteiger partial charge in [-0.3, -0.25) is 4.79 Å². The number of nitrogens with one attached hydrogen (secondary N) is 1. The van der Waals surface area contributed by atoms with E-state index in [-0.39, 0.29) is 5.56 Å². The third-order valence-corrected chi connectivity index (χ3v) is 2.80. The van der Waals surface area contributed by atoms with Crippen molar-refractivity contribution < 1.29 is 0 Å². The van der Waals surface area contributed by atoms with Crippen LogP contribution in [0.5, 0.6) is 0 Å². The summed E-state index contributed by atoms with van der Waals surface area (Å²) in [6.07, 6.45) is 0. The molecule has 0 bridgehead atoms. The molecule has 2 heterocycles. The van der Waals surface area contributed by atoms with E-state index in [4.69, 9.17) is 0 Å². The summed E-state index contributed by atoms with van der Waals surface area (Å²) < 4.78 is 2.19. The van der Waals surface area contributed by atoms with Crippen molar-refractivity contribution in [2.75, 3.05) is 0 Å². The highest BCUT2D eigenvalue weighted by atomic mass is 79.9. The van der Waals surface area contributed by atoms with E-state index in [1.807, 2.05) is 13.8 Å². The van der Waals surface area contributed by atoms with Gasteiger partial charge in [-0.1, -0.05) is 0 Å². The molecule has 0 aliphatic carbocycles. The highest BCUT2D eigenvalue weighted by Gasteiger charge is 2.08. The Morgan fingerprint density at radius 2 is 2.23 bits per heavy atom. The maximum Gasteiger partial charge on any atom is 0.274 e. The number of hydrogen-bond acceptors (Lipinski definition) is 2. The first-order chi connectivity index (χ1) is 6.09. The van der Waals surface area contributed by atoms with Crippen LogP contribution in [-0.2, 0) is 0 Å². The van der Waals surface area contributed by atoms with E-state index in [2.05, 4.69) is 26.0 Å². The van der Waals surface area contributed by atoms with E-state index in [0.717, 1.165) is 15.9 Å². The molecule has 68 valence electrons. The van der Waals surface area contributed by atoms with E-state index in [9.17, 15) is 4.79 Å². The van der Waals surface area contributed by atoms with Crippen molar-refractivity contribution in [1.29, 1.82) is 0 Å². The SMILES string of the molecule is Cc1cc(=O)n2nc(C)c(Br)c2[nH]1. The summed E-state index contributed by atoms with van der Waals surface area (Å²) in [5.74, 6) is 0. The molecule has 0 unspecified atom stereocenters. The minimum atomic E-state index is -0.111. The number of fused-ring (bicyclic) bond motifs is 1. The first kappa shape index (κ1) is 8.50. The third kappa shape index (κ3) is 1.19. The first-order valence-electron chi connectivity index (χ1n) is 3.84. The van der Waals surface area contributed by atoms with Crippen LogP contribution in [0.2, 0.25) is 0 Å². The normalized spacial score (nSPS) is 11.0. The number of H-pyrrole nitrogens is 1. The summed E-state index contributed by atoms with van der Waals surface area (Å²) in [5, 5.41) is 4.08. The van der Waals surface area contributed by atoms with Crippen molar-refractivity contribution in [1.82, 2.24) is 14.6 Å². The standard InChI is InChI=1S/C8H8BrN3O/c1-4-3-6(13)12-8(10-4)7(9)5(2)11-12/h3,10H,1-2H3. The number of nitrogens with zero attached hydrogens (tertiary/aromatic N) is 2. The van der Waals surface area contributed by atoms with Gasteiger partial charge in [0.05, 0.1) is 10.2 Å². The fourth-order valence-electron chi connectivity index (χ4n) is 1.24. The van der Waals surface area contributed by atoms with Crippen LogP contribution >= 0.6 is 15.9 Å². The maximum atomic E-state index is 11.4. The molecule has 0 aromatic carbocycles. The van der Waals surface area contributed by atoms with Gasteiger partial charge in [-0.25, -0.2) is 0 Å². The summed E-state index contributed by atoms with van der Waals surface area (Å²) in [7, 11) is 0. The lowest BCUT2D eigenvalue weighted by molar-refractivity contribution is 0.873. The van der Waals surface area contributed by atoms with Crippen molar-refractivity contribution in [2.45, 2.75) is 13.8 Å². The molecule has 0 radical (unpaired) electrons. The fourth-order valence-corrected chi connectivity index (χ4v) is 1.59. The van der Waals surface area contributed by atoms with Crippen LogP contribution < -0.4 is 5.56 Å². The molecule has 0 aliphatic rings. The number of rotatable bonds is 0. The Hall–Kier alpha value is -1.10. The predicted molar refractivity (Wildman–Crippen MR) is 53.0 cm³/mol. The van der Waals surface area contributed by atoms with Gasteiger partial charge in [-0.05, 0) is 29.8 Å². The van der Waals surface area contributed by atoms with Crippen molar-refractivity contribution in [3.63, 3.8) is 0 Å². The van der Waals surface area contributed by atoms with Gasteiger partial charge >= 0.3 is 0 Å². The van der Waals surface area contributed by atoms with Gasteiger partial charge in [-0.15, -0.1) is 0 Å². The fraction of sp³-hybridized carbons (Fsp3) is 0.250. The molecule has 0 saturated carbocycles. The molecule has 2 rings (SSSR count). The third-order valence-electron chi connectivity index (χ3n) is 1.85. The molecule has 0 aliphatic heterocycles.